The highest BCUT2D eigenvalue weighted by Crippen LogP contribution is 2.03. The topological polar surface area (TPSA) is 150 Å². The molecule has 0 unspecified atom stereocenters. The van der Waals surface area contributed by atoms with Crippen LogP contribution in [-0.2, 0) is 0 Å². The van der Waals surface area contributed by atoms with Crippen LogP contribution in [0.3, 0.4) is 0 Å². The smallest absolute Gasteiger partial charge is 0.188 e. The maximum Gasteiger partial charge on any atom is 0.188 e. The number of guanidine groups is 1. The summed E-state index contributed by atoms with van der Waals surface area (Å²) < 4.78 is 0. The lowest BCUT2D eigenvalue weighted by molar-refractivity contribution is 0.782. The molecular weight excluding hydrogens is 398 g/mol. The molecule has 2 aromatic rings. The average molecular weight is 428 g/mol. The van der Waals surface area contributed by atoms with Gasteiger partial charge in [-0.15, -0.1) is 0 Å². The number of amidine groups is 2. The molecule has 7 heteroatoms. The number of benzene rings is 2. The van der Waals surface area contributed by atoms with Crippen molar-refractivity contribution in [2.24, 2.45) is 22.2 Å². The molecule has 32 heavy (non-hydrogen) atoms. The zero-order valence-corrected chi connectivity index (χ0v) is 18.0. The summed E-state index contributed by atoms with van der Waals surface area (Å²) in [6, 6.07) is 14.6. The summed E-state index contributed by atoms with van der Waals surface area (Å²) in [5, 5.41) is 17.8. The van der Waals surface area contributed by atoms with Crippen LogP contribution in [0.2, 0.25) is 0 Å². The summed E-state index contributed by atoms with van der Waals surface area (Å²) in [5.74, 6) is 13.0. The maximum absolute atomic E-state index is 7.38. The molecular formula is C25H29N7. The van der Waals surface area contributed by atoms with E-state index in [0.717, 1.165) is 36.8 Å². The standard InChI is InChI=1S/C25H29N7/c26-23(27)21-13-9-19(10-14-21)7-3-1-5-17-31-25(30)32-18-6-2-4-8-20-11-15-22(16-12-20)24(28)29/h9-16H,1-2,5-6,17-18H2,(H3,26,27)(H3,28,29)(H3,30,31,32). The Bertz CT molecular complexity index is 1060. The molecule has 164 valence electrons. The maximum atomic E-state index is 7.38. The quantitative estimate of drug-likeness (QED) is 0.165. The summed E-state index contributed by atoms with van der Waals surface area (Å²) >= 11 is 0. The van der Waals surface area contributed by atoms with E-state index in [1.54, 1.807) is 24.3 Å². The summed E-state index contributed by atoms with van der Waals surface area (Å²) in [6.45, 7) is 1.33. The van der Waals surface area contributed by atoms with Gasteiger partial charge in [0.2, 0.25) is 0 Å². The second-order valence-corrected chi connectivity index (χ2v) is 6.99. The van der Waals surface area contributed by atoms with Crippen molar-refractivity contribution in [3.63, 3.8) is 0 Å². The van der Waals surface area contributed by atoms with Crippen molar-refractivity contribution in [3.8, 4) is 23.7 Å². The first-order valence-corrected chi connectivity index (χ1v) is 10.4. The molecule has 0 atom stereocenters. The number of hydrogen-bond donors (Lipinski definition) is 6. The van der Waals surface area contributed by atoms with Gasteiger partial charge in [-0.1, -0.05) is 47.9 Å². The van der Waals surface area contributed by atoms with Gasteiger partial charge in [-0.3, -0.25) is 15.8 Å². The number of aliphatic imine (C=N–C) groups is 1. The van der Waals surface area contributed by atoms with E-state index in [4.69, 9.17) is 28.0 Å². The SMILES string of the molecule is N=C(N)c1ccc(C#CCCCN=C(N)NCCCC#Cc2ccc(C(=N)N)cc2)cc1. The Kier molecular flexibility index (Phi) is 9.88. The van der Waals surface area contributed by atoms with Crippen LogP contribution in [0.15, 0.2) is 53.5 Å². The molecule has 0 aliphatic carbocycles. The Balaban J connectivity index is 1.59. The highest BCUT2D eigenvalue weighted by atomic mass is 15.1. The third-order valence-corrected chi connectivity index (χ3v) is 4.38. The monoisotopic (exact) mass is 427 g/mol. The first-order valence-electron chi connectivity index (χ1n) is 10.4. The van der Waals surface area contributed by atoms with Crippen LogP contribution in [0.1, 0.15) is 47.9 Å². The Labute approximate surface area is 189 Å². The molecule has 0 bridgehead atoms. The third-order valence-electron chi connectivity index (χ3n) is 4.38. The molecule has 0 saturated heterocycles. The van der Waals surface area contributed by atoms with Crippen molar-refractivity contribution in [1.82, 2.24) is 5.32 Å². The molecule has 0 radical (unpaired) electrons. The van der Waals surface area contributed by atoms with Gasteiger partial charge in [0, 0.05) is 48.2 Å². The van der Waals surface area contributed by atoms with Gasteiger partial charge in [0.25, 0.3) is 0 Å². The number of nitrogen functional groups attached to an aromatic ring is 2. The van der Waals surface area contributed by atoms with Gasteiger partial charge in [0.1, 0.15) is 11.7 Å². The summed E-state index contributed by atoms with van der Waals surface area (Å²) in [4.78, 5) is 4.30. The minimum atomic E-state index is 0.0544. The predicted molar refractivity (Wildman–Crippen MR) is 132 cm³/mol. The molecule has 0 heterocycles. The number of rotatable bonds is 8. The summed E-state index contributed by atoms with van der Waals surface area (Å²) in [5.41, 5.74) is 19.9. The van der Waals surface area contributed by atoms with E-state index in [0.29, 0.717) is 30.2 Å². The number of nitrogens with two attached hydrogens (primary N) is 3. The molecule has 0 saturated carbocycles. The van der Waals surface area contributed by atoms with E-state index in [1.165, 1.54) is 0 Å². The predicted octanol–water partition coefficient (Wildman–Crippen LogP) is 2.12. The molecule has 0 amide bonds. The average Bonchev–Trinajstić information content (AvgIpc) is 2.79. The van der Waals surface area contributed by atoms with Crippen LogP contribution < -0.4 is 22.5 Å². The van der Waals surface area contributed by atoms with Crippen LogP contribution in [0, 0.1) is 34.5 Å². The van der Waals surface area contributed by atoms with Crippen molar-refractivity contribution in [2.45, 2.75) is 25.7 Å². The van der Waals surface area contributed by atoms with Gasteiger partial charge in [0.05, 0.1) is 0 Å². The van der Waals surface area contributed by atoms with Crippen molar-refractivity contribution in [1.29, 1.82) is 10.8 Å². The second kappa shape index (κ2) is 13.1. The number of unbranched alkanes of at least 4 members (excludes halogenated alkanes) is 2. The third kappa shape index (κ3) is 9.06. The fourth-order valence-electron chi connectivity index (χ4n) is 2.61. The van der Waals surface area contributed by atoms with Gasteiger partial charge in [-0.2, -0.15) is 0 Å². The molecule has 9 N–H and O–H groups in total. The minimum absolute atomic E-state index is 0.0544. The van der Waals surface area contributed by atoms with Crippen LogP contribution in [0.4, 0.5) is 0 Å². The lowest BCUT2D eigenvalue weighted by Crippen LogP contribution is -2.32. The van der Waals surface area contributed by atoms with Gasteiger partial charge >= 0.3 is 0 Å². The van der Waals surface area contributed by atoms with E-state index in [2.05, 4.69) is 34.0 Å². The Morgan fingerprint density at radius 2 is 1.22 bits per heavy atom. The van der Waals surface area contributed by atoms with E-state index in [-0.39, 0.29) is 11.7 Å². The molecule has 0 fully saturated rings. The van der Waals surface area contributed by atoms with Gasteiger partial charge in [-0.05, 0) is 37.1 Å². The molecule has 7 nitrogen and oxygen atoms in total. The lowest BCUT2D eigenvalue weighted by atomic mass is 10.1. The van der Waals surface area contributed by atoms with E-state index >= 15 is 0 Å². The molecule has 0 spiro atoms. The van der Waals surface area contributed by atoms with Crippen LogP contribution in [-0.4, -0.2) is 30.7 Å². The van der Waals surface area contributed by atoms with Gasteiger partial charge < -0.3 is 22.5 Å². The summed E-state index contributed by atoms with van der Waals surface area (Å²) in [6.07, 6.45) is 3.17. The van der Waals surface area contributed by atoms with E-state index in [9.17, 15) is 0 Å². The van der Waals surface area contributed by atoms with E-state index in [1.807, 2.05) is 24.3 Å². The largest absolute Gasteiger partial charge is 0.384 e. The number of hydrogen-bond acceptors (Lipinski definition) is 3. The van der Waals surface area contributed by atoms with Crippen molar-refractivity contribution in [2.75, 3.05) is 13.1 Å². The fourth-order valence-corrected chi connectivity index (χ4v) is 2.61. The summed E-state index contributed by atoms with van der Waals surface area (Å²) in [7, 11) is 0. The van der Waals surface area contributed by atoms with Gasteiger partial charge in [0.15, 0.2) is 5.96 Å². The highest BCUT2D eigenvalue weighted by molar-refractivity contribution is 5.95. The lowest BCUT2D eigenvalue weighted by Gasteiger charge is -2.03. The van der Waals surface area contributed by atoms with Crippen LogP contribution >= 0.6 is 0 Å². The Morgan fingerprint density at radius 1 is 0.750 bits per heavy atom. The first kappa shape index (κ1) is 24.0. The number of nitrogens with one attached hydrogen (secondary N) is 3. The molecule has 2 aromatic carbocycles. The van der Waals surface area contributed by atoms with Crippen LogP contribution in [0.5, 0.6) is 0 Å². The van der Waals surface area contributed by atoms with Gasteiger partial charge in [-0.25, -0.2) is 0 Å². The fraction of sp³-hybridized carbons (Fsp3) is 0.240. The Morgan fingerprint density at radius 3 is 1.69 bits per heavy atom. The van der Waals surface area contributed by atoms with E-state index < -0.39 is 0 Å². The van der Waals surface area contributed by atoms with Crippen LogP contribution in [0.25, 0.3) is 0 Å². The number of nitrogens with zero attached hydrogens (tertiary/aromatic N) is 1. The zero-order chi connectivity index (χ0) is 23.2. The van der Waals surface area contributed by atoms with Crippen molar-refractivity contribution < 1.29 is 0 Å². The molecule has 0 aliphatic rings. The highest BCUT2D eigenvalue weighted by Gasteiger charge is 1.96. The molecule has 0 aliphatic heterocycles. The van der Waals surface area contributed by atoms with Crippen molar-refractivity contribution in [3.05, 3.63) is 70.8 Å². The second-order valence-electron chi connectivity index (χ2n) is 6.99. The zero-order valence-electron chi connectivity index (χ0n) is 18.0. The Hall–Kier alpha value is -4.23. The molecule has 2 rings (SSSR count). The van der Waals surface area contributed by atoms with Crippen molar-refractivity contribution >= 4 is 17.6 Å². The minimum Gasteiger partial charge on any atom is -0.384 e. The normalized spacial score (nSPS) is 10.3. The first-order chi connectivity index (χ1) is 15.5. The molecule has 0 aromatic heterocycles.